The molecule has 3 aromatic rings. The first-order valence-corrected chi connectivity index (χ1v) is 8.96. The summed E-state index contributed by atoms with van der Waals surface area (Å²) in [5.74, 6) is 0.717. The summed E-state index contributed by atoms with van der Waals surface area (Å²) in [6.45, 7) is 6.14. The van der Waals surface area contributed by atoms with Crippen molar-refractivity contribution in [2.45, 2.75) is 39.2 Å². The maximum absolute atomic E-state index is 12.2. The third-order valence-corrected chi connectivity index (χ3v) is 5.25. The van der Waals surface area contributed by atoms with Crippen molar-refractivity contribution >= 4 is 16.9 Å². The first-order chi connectivity index (χ1) is 12.1. The summed E-state index contributed by atoms with van der Waals surface area (Å²) in [5.41, 5.74) is 1.08. The fourth-order valence-corrected chi connectivity index (χ4v) is 3.79. The zero-order valence-electron chi connectivity index (χ0n) is 14.8. The van der Waals surface area contributed by atoms with Crippen LogP contribution in [-0.2, 0) is 13.6 Å². The number of fused-ring (bicyclic) bond motifs is 3. The van der Waals surface area contributed by atoms with Crippen LogP contribution in [0.25, 0.3) is 16.9 Å². The average molecular weight is 344 g/mol. The van der Waals surface area contributed by atoms with Crippen LogP contribution in [0.15, 0.2) is 15.8 Å². The van der Waals surface area contributed by atoms with E-state index in [0.29, 0.717) is 16.9 Å². The van der Waals surface area contributed by atoms with Crippen LogP contribution in [0.4, 0.5) is 0 Å². The van der Waals surface area contributed by atoms with Gasteiger partial charge in [0.15, 0.2) is 11.2 Å². The Balaban J connectivity index is 1.74. The molecule has 1 aliphatic rings. The topological polar surface area (TPSA) is 80.3 Å². The number of nitrogens with zero attached hydrogens (tertiary/aromatic N) is 5. The van der Waals surface area contributed by atoms with Gasteiger partial charge in [0.25, 0.3) is 5.56 Å². The second-order valence-corrected chi connectivity index (χ2v) is 6.95. The monoisotopic (exact) mass is 344 g/mol. The molecule has 4 heterocycles. The van der Waals surface area contributed by atoms with Crippen LogP contribution in [0.3, 0.4) is 0 Å². The Bertz CT molecular complexity index is 1030. The first-order valence-electron chi connectivity index (χ1n) is 8.96. The number of rotatable bonds is 3. The molecule has 0 radical (unpaired) electrons. The molecule has 0 atom stereocenters. The van der Waals surface area contributed by atoms with Crippen molar-refractivity contribution in [1.82, 2.24) is 28.4 Å². The third-order valence-electron chi connectivity index (χ3n) is 5.25. The van der Waals surface area contributed by atoms with Crippen molar-refractivity contribution in [2.24, 2.45) is 7.05 Å². The van der Waals surface area contributed by atoms with Crippen molar-refractivity contribution in [3.8, 4) is 0 Å². The molecule has 4 rings (SSSR count). The second kappa shape index (κ2) is 6.18. The molecule has 3 aromatic heterocycles. The molecular weight excluding hydrogens is 320 g/mol. The number of hydrogen-bond donors (Lipinski definition) is 1. The minimum atomic E-state index is -0.439. The minimum Gasteiger partial charge on any atom is -0.313 e. The average Bonchev–Trinajstić information content (AvgIpc) is 2.94. The highest BCUT2D eigenvalue weighted by Gasteiger charge is 2.18. The van der Waals surface area contributed by atoms with E-state index >= 15 is 0 Å². The van der Waals surface area contributed by atoms with E-state index in [1.807, 2.05) is 13.1 Å². The summed E-state index contributed by atoms with van der Waals surface area (Å²) in [6, 6.07) is 0. The standard InChI is InChI=1S/C17H24N6O2/c1-12-11-23-13-14(20(2)17(25)19-15(13)24)18-16(23)22(12)10-9-21-7-5-3-4-6-8-21/h11H,3-10H2,1-2H3,(H,19,24,25). The van der Waals surface area contributed by atoms with E-state index in [9.17, 15) is 9.59 Å². The maximum atomic E-state index is 12.2. The quantitative estimate of drug-likeness (QED) is 0.764. The number of aromatic amines is 1. The lowest BCUT2D eigenvalue weighted by Gasteiger charge is -2.20. The van der Waals surface area contributed by atoms with Gasteiger partial charge in [-0.05, 0) is 32.9 Å². The normalized spacial score (nSPS) is 16.7. The zero-order chi connectivity index (χ0) is 17.6. The predicted molar refractivity (Wildman–Crippen MR) is 96.2 cm³/mol. The van der Waals surface area contributed by atoms with Gasteiger partial charge in [0.1, 0.15) is 0 Å². The lowest BCUT2D eigenvalue weighted by Crippen LogP contribution is -2.28. The van der Waals surface area contributed by atoms with Gasteiger partial charge in [-0.2, -0.15) is 4.98 Å². The molecule has 0 spiro atoms. The van der Waals surface area contributed by atoms with Crippen molar-refractivity contribution in [1.29, 1.82) is 0 Å². The maximum Gasteiger partial charge on any atom is 0.329 e. The second-order valence-electron chi connectivity index (χ2n) is 6.95. The summed E-state index contributed by atoms with van der Waals surface area (Å²) in [4.78, 5) is 33.5. The Morgan fingerprint density at radius 3 is 2.56 bits per heavy atom. The minimum absolute atomic E-state index is 0.393. The lowest BCUT2D eigenvalue weighted by molar-refractivity contribution is 0.273. The highest BCUT2D eigenvalue weighted by molar-refractivity contribution is 5.75. The number of aryl methyl sites for hydroxylation is 2. The van der Waals surface area contributed by atoms with E-state index in [-0.39, 0.29) is 0 Å². The molecule has 0 saturated carbocycles. The largest absolute Gasteiger partial charge is 0.329 e. The van der Waals surface area contributed by atoms with E-state index in [4.69, 9.17) is 0 Å². The van der Waals surface area contributed by atoms with Crippen molar-refractivity contribution in [3.05, 3.63) is 32.7 Å². The van der Waals surface area contributed by atoms with Gasteiger partial charge in [-0.15, -0.1) is 0 Å². The smallest absolute Gasteiger partial charge is 0.313 e. The van der Waals surface area contributed by atoms with E-state index in [0.717, 1.165) is 31.9 Å². The van der Waals surface area contributed by atoms with E-state index in [2.05, 4.69) is 19.4 Å². The Morgan fingerprint density at radius 2 is 1.84 bits per heavy atom. The number of aromatic nitrogens is 5. The Morgan fingerprint density at radius 1 is 1.12 bits per heavy atom. The first kappa shape index (κ1) is 16.1. The fourth-order valence-electron chi connectivity index (χ4n) is 3.79. The molecule has 0 unspecified atom stereocenters. The zero-order valence-corrected chi connectivity index (χ0v) is 14.8. The molecule has 1 N–H and O–H groups in total. The van der Waals surface area contributed by atoms with E-state index < -0.39 is 11.2 Å². The third kappa shape index (κ3) is 2.70. The molecule has 1 saturated heterocycles. The van der Waals surface area contributed by atoms with Crippen molar-refractivity contribution < 1.29 is 0 Å². The number of imidazole rings is 2. The van der Waals surface area contributed by atoms with E-state index in [1.54, 1.807) is 11.4 Å². The number of likely N-dealkylation sites (tertiary alicyclic amines) is 1. The van der Waals surface area contributed by atoms with Crippen molar-refractivity contribution in [3.63, 3.8) is 0 Å². The summed E-state index contributed by atoms with van der Waals surface area (Å²) in [5, 5.41) is 0. The molecule has 8 nitrogen and oxygen atoms in total. The van der Waals surface area contributed by atoms with Gasteiger partial charge in [0.2, 0.25) is 5.78 Å². The highest BCUT2D eigenvalue weighted by atomic mass is 16.2. The SMILES string of the molecule is Cc1cn2c3c(=O)[nH]c(=O)n(C)c3nc2n1CCN1CCCCCC1. The van der Waals surface area contributed by atoms with Crippen LogP contribution < -0.4 is 11.2 Å². The van der Waals surface area contributed by atoms with Gasteiger partial charge in [-0.1, -0.05) is 12.8 Å². The van der Waals surface area contributed by atoms with Gasteiger partial charge in [0, 0.05) is 32.0 Å². The fraction of sp³-hybridized carbons (Fsp3) is 0.588. The van der Waals surface area contributed by atoms with Gasteiger partial charge < -0.3 is 9.47 Å². The van der Waals surface area contributed by atoms with Crippen LogP contribution in [0.2, 0.25) is 0 Å². The highest BCUT2D eigenvalue weighted by Crippen LogP contribution is 2.16. The number of H-pyrrole nitrogens is 1. The lowest BCUT2D eigenvalue weighted by atomic mass is 10.2. The molecule has 0 aliphatic carbocycles. The molecule has 1 aliphatic heterocycles. The molecule has 0 amide bonds. The molecule has 1 fully saturated rings. The van der Waals surface area contributed by atoms with Crippen LogP contribution in [-0.4, -0.2) is 48.0 Å². The predicted octanol–water partition coefficient (Wildman–Crippen LogP) is 0.860. The molecule has 8 heteroatoms. The van der Waals surface area contributed by atoms with Crippen molar-refractivity contribution in [2.75, 3.05) is 19.6 Å². The Labute approximate surface area is 144 Å². The van der Waals surface area contributed by atoms with Crippen LogP contribution >= 0.6 is 0 Å². The molecular formula is C17H24N6O2. The van der Waals surface area contributed by atoms with Crippen LogP contribution in [0.5, 0.6) is 0 Å². The Hall–Kier alpha value is -2.35. The summed E-state index contributed by atoms with van der Waals surface area (Å²) in [7, 11) is 1.63. The molecule has 134 valence electrons. The van der Waals surface area contributed by atoms with Gasteiger partial charge in [-0.25, -0.2) is 4.79 Å². The molecule has 25 heavy (non-hydrogen) atoms. The van der Waals surface area contributed by atoms with Gasteiger partial charge >= 0.3 is 5.69 Å². The van der Waals surface area contributed by atoms with Gasteiger partial charge in [0.05, 0.1) is 0 Å². The Kier molecular flexibility index (Phi) is 3.99. The summed E-state index contributed by atoms with van der Waals surface area (Å²) >= 11 is 0. The van der Waals surface area contributed by atoms with Gasteiger partial charge in [-0.3, -0.25) is 18.7 Å². The molecule has 0 bridgehead atoms. The molecule has 0 aromatic carbocycles. The summed E-state index contributed by atoms with van der Waals surface area (Å²) in [6.07, 6.45) is 7.11. The van der Waals surface area contributed by atoms with Crippen LogP contribution in [0, 0.1) is 6.92 Å². The number of hydrogen-bond acceptors (Lipinski definition) is 4. The van der Waals surface area contributed by atoms with Crippen LogP contribution in [0.1, 0.15) is 31.4 Å². The summed E-state index contributed by atoms with van der Waals surface area (Å²) < 4.78 is 5.32. The number of nitrogens with one attached hydrogen (secondary N) is 1. The van der Waals surface area contributed by atoms with E-state index in [1.165, 1.54) is 30.3 Å².